The van der Waals surface area contributed by atoms with E-state index < -0.39 is 0 Å². The highest BCUT2D eigenvalue weighted by atomic mass is 32.1. The van der Waals surface area contributed by atoms with Gasteiger partial charge in [-0.3, -0.25) is 5.10 Å². The van der Waals surface area contributed by atoms with Gasteiger partial charge in [0.05, 0.1) is 12.6 Å². The lowest BCUT2D eigenvalue weighted by atomic mass is 10.1. The van der Waals surface area contributed by atoms with Crippen molar-refractivity contribution in [2.75, 3.05) is 6.61 Å². The third-order valence-electron chi connectivity index (χ3n) is 2.61. The summed E-state index contributed by atoms with van der Waals surface area (Å²) in [5.74, 6) is 0.934. The fourth-order valence-electron chi connectivity index (χ4n) is 1.77. The smallest absolute Gasteiger partial charge is 0.195 e. The third kappa shape index (κ3) is 2.04. The Balaban J connectivity index is 2.06. The summed E-state index contributed by atoms with van der Waals surface area (Å²) >= 11 is 5.13. The number of H-pyrrole nitrogens is 1. The first-order valence-corrected chi connectivity index (χ1v) is 5.41. The molecule has 0 bridgehead atoms. The molecule has 2 rings (SSSR count). The molecule has 1 aliphatic heterocycles. The number of hydrogen-bond acceptors (Lipinski definition) is 3. The van der Waals surface area contributed by atoms with Gasteiger partial charge in [-0.15, -0.1) is 0 Å². The maximum absolute atomic E-state index is 5.65. The summed E-state index contributed by atoms with van der Waals surface area (Å²) in [4.78, 5) is 0. The van der Waals surface area contributed by atoms with Gasteiger partial charge in [0, 0.05) is 6.61 Å². The Morgan fingerprint density at radius 3 is 3.07 bits per heavy atom. The second kappa shape index (κ2) is 4.23. The quantitative estimate of drug-likeness (QED) is 0.762. The molecule has 78 valence electrons. The first-order valence-electron chi connectivity index (χ1n) is 5.01. The highest BCUT2D eigenvalue weighted by Gasteiger charge is 2.15. The van der Waals surface area contributed by atoms with Crippen LogP contribution >= 0.6 is 12.2 Å². The van der Waals surface area contributed by atoms with Gasteiger partial charge < -0.3 is 9.30 Å². The first kappa shape index (κ1) is 9.86. The normalized spacial score (nSPS) is 22.5. The Bertz CT molecular complexity index is 351. The van der Waals surface area contributed by atoms with Crippen molar-refractivity contribution in [2.24, 2.45) is 0 Å². The Kier molecular flexibility index (Phi) is 2.98. The predicted octanol–water partition coefficient (Wildman–Crippen LogP) is 1.82. The molecule has 1 saturated heterocycles. The number of rotatable bonds is 2. The van der Waals surface area contributed by atoms with Crippen LogP contribution in [0.15, 0.2) is 0 Å². The molecule has 0 aromatic carbocycles. The number of aromatic amines is 1. The van der Waals surface area contributed by atoms with Gasteiger partial charge in [-0.25, -0.2) is 0 Å². The van der Waals surface area contributed by atoms with Crippen LogP contribution in [0.4, 0.5) is 0 Å². The maximum Gasteiger partial charge on any atom is 0.195 e. The molecular weight excluding hydrogens is 198 g/mol. The van der Waals surface area contributed by atoms with Crippen LogP contribution in [-0.2, 0) is 11.3 Å². The van der Waals surface area contributed by atoms with Gasteiger partial charge in [-0.05, 0) is 38.4 Å². The van der Waals surface area contributed by atoms with Gasteiger partial charge in [0.1, 0.15) is 5.82 Å². The molecule has 4 nitrogen and oxygen atoms in total. The van der Waals surface area contributed by atoms with Crippen molar-refractivity contribution < 1.29 is 4.74 Å². The highest BCUT2D eigenvalue weighted by molar-refractivity contribution is 7.71. The Labute approximate surface area is 88.3 Å². The van der Waals surface area contributed by atoms with Crippen LogP contribution in [0.1, 0.15) is 25.1 Å². The number of aromatic nitrogens is 3. The lowest BCUT2D eigenvalue weighted by Gasteiger charge is -2.22. The summed E-state index contributed by atoms with van der Waals surface area (Å²) in [6.07, 6.45) is 3.89. The molecule has 0 spiro atoms. The van der Waals surface area contributed by atoms with Crippen LogP contribution in [0.25, 0.3) is 0 Å². The van der Waals surface area contributed by atoms with E-state index >= 15 is 0 Å². The fraction of sp³-hybridized carbons (Fsp3) is 0.778. The molecule has 1 unspecified atom stereocenters. The molecule has 1 aromatic rings. The largest absolute Gasteiger partial charge is 0.376 e. The van der Waals surface area contributed by atoms with E-state index in [0.717, 1.165) is 25.4 Å². The molecule has 1 aromatic heterocycles. The molecule has 1 fully saturated rings. The zero-order valence-electron chi connectivity index (χ0n) is 8.32. The van der Waals surface area contributed by atoms with Crippen LogP contribution in [0.5, 0.6) is 0 Å². The summed E-state index contributed by atoms with van der Waals surface area (Å²) in [7, 11) is 0. The predicted molar refractivity (Wildman–Crippen MR) is 55.7 cm³/mol. The van der Waals surface area contributed by atoms with E-state index in [9.17, 15) is 0 Å². The van der Waals surface area contributed by atoms with Crippen LogP contribution in [0, 0.1) is 11.7 Å². The first-order chi connectivity index (χ1) is 6.77. The van der Waals surface area contributed by atoms with Gasteiger partial charge >= 0.3 is 0 Å². The SMILES string of the molecule is Cc1n[nH]c(=S)n1CC1CCCCO1. The van der Waals surface area contributed by atoms with E-state index in [-0.39, 0.29) is 0 Å². The summed E-state index contributed by atoms with van der Waals surface area (Å²) < 4.78 is 8.35. The Morgan fingerprint density at radius 1 is 1.64 bits per heavy atom. The van der Waals surface area contributed by atoms with Gasteiger partial charge in [0.2, 0.25) is 0 Å². The fourth-order valence-corrected chi connectivity index (χ4v) is 2.02. The Hall–Kier alpha value is -0.680. The lowest BCUT2D eigenvalue weighted by molar-refractivity contribution is 0.00540. The average Bonchev–Trinajstić information content (AvgIpc) is 2.51. The van der Waals surface area contributed by atoms with E-state index in [2.05, 4.69) is 10.2 Å². The number of hydrogen-bond donors (Lipinski definition) is 1. The highest BCUT2D eigenvalue weighted by Crippen LogP contribution is 2.14. The molecule has 2 heterocycles. The molecule has 0 amide bonds. The van der Waals surface area contributed by atoms with E-state index in [0.29, 0.717) is 10.9 Å². The molecule has 1 N–H and O–H groups in total. The minimum Gasteiger partial charge on any atom is -0.376 e. The molecule has 0 radical (unpaired) electrons. The minimum atomic E-state index is 0.312. The second-order valence-corrected chi connectivity index (χ2v) is 4.06. The van der Waals surface area contributed by atoms with Crippen molar-refractivity contribution in [3.8, 4) is 0 Å². The molecule has 5 heteroatoms. The topological polar surface area (TPSA) is 42.8 Å². The number of nitrogens with one attached hydrogen (secondary N) is 1. The van der Waals surface area contributed by atoms with Crippen molar-refractivity contribution >= 4 is 12.2 Å². The van der Waals surface area contributed by atoms with Crippen LogP contribution < -0.4 is 0 Å². The standard InChI is InChI=1S/C9H15N3OS/c1-7-10-11-9(14)12(7)6-8-4-2-3-5-13-8/h8H,2-6H2,1H3,(H,11,14). The van der Waals surface area contributed by atoms with Crippen molar-refractivity contribution in [2.45, 2.75) is 38.8 Å². The van der Waals surface area contributed by atoms with Crippen LogP contribution in [0.2, 0.25) is 0 Å². The molecular formula is C9H15N3OS. The Morgan fingerprint density at radius 2 is 2.50 bits per heavy atom. The summed E-state index contributed by atoms with van der Waals surface area (Å²) in [6.45, 7) is 3.67. The van der Waals surface area contributed by atoms with E-state index in [1.54, 1.807) is 0 Å². The monoisotopic (exact) mass is 213 g/mol. The van der Waals surface area contributed by atoms with E-state index in [4.69, 9.17) is 17.0 Å². The van der Waals surface area contributed by atoms with Crippen LogP contribution in [0.3, 0.4) is 0 Å². The zero-order chi connectivity index (χ0) is 9.97. The summed E-state index contributed by atoms with van der Waals surface area (Å²) in [6, 6.07) is 0. The van der Waals surface area contributed by atoms with Crippen molar-refractivity contribution in [1.82, 2.24) is 14.8 Å². The molecule has 0 saturated carbocycles. The number of nitrogens with zero attached hydrogens (tertiary/aromatic N) is 2. The summed E-state index contributed by atoms with van der Waals surface area (Å²) in [5.41, 5.74) is 0. The molecule has 14 heavy (non-hydrogen) atoms. The van der Waals surface area contributed by atoms with E-state index in [1.165, 1.54) is 12.8 Å². The minimum absolute atomic E-state index is 0.312. The van der Waals surface area contributed by atoms with Gasteiger partial charge in [0.25, 0.3) is 0 Å². The zero-order valence-corrected chi connectivity index (χ0v) is 9.14. The molecule has 1 atom stereocenters. The maximum atomic E-state index is 5.65. The number of aryl methyl sites for hydroxylation is 1. The van der Waals surface area contributed by atoms with Crippen molar-refractivity contribution in [1.29, 1.82) is 0 Å². The van der Waals surface area contributed by atoms with Crippen molar-refractivity contribution in [3.05, 3.63) is 10.6 Å². The molecule has 1 aliphatic rings. The molecule has 0 aliphatic carbocycles. The number of ether oxygens (including phenoxy) is 1. The summed E-state index contributed by atoms with van der Waals surface area (Å²) in [5, 5.41) is 6.86. The van der Waals surface area contributed by atoms with Crippen LogP contribution in [-0.4, -0.2) is 27.5 Å². The van der Waals surface area contributed by atoms with Gasteiger partial charge in [-0.2, -0.15) is 5.10 Å². The van der Waals surface area contributed by atoms with Gasteiger partial charge in [0.15, 0.2) is 4.77 Å². The third-order valence-corrected chi connectivity index (χ3v) is 2.92. The van der Waals surface area contributed by atoms with E-state index in [1.807, 2.05) is 11.5 Å². The lowest BCUT2D eigenvalue weighted by Crippen LogP contribution is -2.25. The van der Waals surface area contributed by atoms with Crippen molar-refractivity contribution in [3.63, 3.8) is 0 Å². The van der Waals surface area contributed by atoms with Gasteiger partial charge in [-0.1, -0.05) is 0 Å². The second-order valence-electron chi connectivity index (χ2n) is 3.68. The average molecular weight is 213 g/mol.